The number of carbonyl (C=O) groups is 2. The van der Waals surface area contributed by atoms with E-state index in [2.05, 4.69) is 37.9 Å². The lowest BCUT2D eigenvalue weighted by atomic mass is 10.1. The number of hydrogen-bond donors (Lipinski definition) is 1. The number of aromatic nitrogens is 2. The van der Waals surface area contributed by atoms with Crippen LogP contribution in [0.2, 0.25) is 0 Å². The Morgan fingerprint density at radius 2 is 2.15 bits per heavy atom. The van der Waals surface area contributed by atoms with Gasteiger partial charge in [0.05, 0.1) is 23.4 Å². The number of urea groups is 1. The average Bonchev–Trinajstić information content (AvgIpc) is 3.47. The maximum Gasteiger partial charge on any atom is 0.350 e. The van der Waals surface area contributed by atoms with Crippen LogP contribution in [0.3, 0.4) is 0 Å². The zero-order valence-electron chi connectivity index (χ0n) is 17.3. The molecule has 1 aliphatic heterocycles. The van der Waals surface area contributed by atoms with Crippen molar-refractivity contribution in [3.8, 4) is 5.75 Å². The van der Waals surface area contributed by atoms with Crippen molar-refractivity contribution in [2.45, 2.75) is 18.0 Å². The van der Waals surface area contributed by atoms with Crippen LogP contribution in [0.5, 0.6) is 5.75 Å². The Morgan fingerprint density at radius 1 is 1.27 bits per heavy atom. The minimum atomic E-state index is -0.491. The first-order valence-electron chi connectivity index (χ1n) is 10.0. The molecular formula is C22H17IN4O4S2. The van der Waals surface area contributed by atoms with E-state index in [9.17, 15) is 9.59 Å². The second-order valence-electron chi connectivity index (χ2n) is 6.96. The summed E-state index contributed by atoms with van der Waals surface area (Å²) in [7, 11) is 0. The van der Waals surface area contributed by atoms with E-state index in [0.717, 1.165) is 16.2 Å². The molecule has 0 saturated heterocycles. The molecule has 0 atom stereocenters. The smallest absolute Gasteiger partial charge is 0.350 e. The van der Waals surface area contributed by atoms with Crippen molar-refractivity contribution in [2.24, 2.45) is 0 Å². The Hall–Kier alpha value is -2.77. The van der Waals surface area contributed by atoms with E-state index in [0.29, 0.717) is 43.3 Å². The molecular weight excluding hydrogens is 575 g/mol. The molecule has 0 spiro atoms. The van der Waals surface area contributed by atoms with Gasteiger partial charge in [-0.1, -0.05) is 28.7 Å². The van der Waals surface area contributed by atoms with Gasteiger partial charge in [0.15, 0.2) is 5.82 Å². The van der Waals surface area contributed by atoms with E-state index in [1.807, 2.05) is 35.7 Å². The molecule has 0 radical (unpaired) electrons. The summed E-state index contributed by atoms with van der Waals surface area (Å²) in [6, 6.07) is 9.25. The van der Waals surface area contributed by atoms with Gasteiger partial charge in [0.1, 0.15) is 28.4 Å². The van der Waals surface area contributed by atoms with Crippen LogP contribution in [0.4, 0.5) is 22.0 Å². The third kappa shape index (κ3) is 4.04. The fraction of sp³-hybridized carbons (Fsp3) is 0.182. The zero-order valence-corrected chi connectivity index (χ0v) is 21.1. The molecule has 4 aromatic rings. The largest absolute Gasteiger partial charge is 0.488 e. The van der Waals surface area contributed by atoms with Crippen LogP contribution in [-0.4, -0.2) is 28.6 Å². The number of amides is 2. The summed E-state index contributed by atoms with van der Waals surface area (Å²) in [5.41, 5.74) is 2.01. The van der Waals surface area contributed by atoms with Gasteiger partial charge in [-0.25, -0.2) is 24.5 Å². The Kier molecular flexibility index (Phi) is 6.17. The van der Waals surface area contributed by atoms with Gasteiger partial charge in [0.25, 0.3) is 0 Å². The molecule has 8 nitrogen and oxygen atoms in total. The van der Waals surface area contributed by atoms with Gasteiger partial charge in [0.2, 0.25) is 0 Å². The topological polar surface area (TPSA) is 93.7 Å². The summed E-state index contributed by atoms with van der Waals surface area (Å²) in [4.78, 5) is 37.8. The summed E-state index contributed by atoms with van der Waals surface area (Å²) in [5, 5.41) is 5.48. The van der Waals surface area contributed by atoms with Crippen LogP contribution >= 0.6 is 45.3 Å². The molecule has 3 aromatic heterocycles. The second kappa shape index (κ2) is 9.23. The Balaban J connectivity index is 1.53. The number of anilines is 3. The van der Waals surface area contributed by atoms with Crippen LogP contribution < -0.4 is 15.0 Å². The van der Waals surface area contributed by atoms with E-state index in [-0.39, 0.29) is 6.61 Å². The Labute approximate surface area is 210 Å². The summed E-state index contributed by atoms with van der Waals surface area (Å²) >= 11 is 5.10. The van der Waals surface area contributed by atoms with Gasteiger partial charge in [-0.2, -0.15) is 0 Å². The minimum absolute atomic E-state index is 0.241. The number of nitrogens with one attached hydrogen (secondary N) is 1. The first-order valence-corrected chi connectivity index (χ1v) is 13.2. The number of benzene rings is 1. The number of halogens is 1. The van der Waals surface area contributed by atoms with E-state index < -0.39 is 12.0 Å². The van der Waals surface area contributed by atoms with Crippen molar-refractivity contribution in [3.63, 3.8) is 0 Å². The molecule has 168 valence electrons. The number of esters is 1. The quantitative estimate of drug-likeness (QED) is 0.158. The van der Waals surface area contributed by atoms with Crippen LogP contribution in [0, 0.1) is 0 Å². The van der Waals surface area contributed by atoms with Gasteiger partial charge in [0, 0.05) is 14.9 Å². The Bertz CT molecular complexity index is 1360. The minimum Gasteiger partial charge on any atom is -0.488 e. The SMILES string of the molecule is CCOC(=O)c1sc2ncnc3c2c1NC(=O)N3c1ccc(OCc2cccs2)c(CI)c1. The molecule has 0 aliphatic carbocycles. The standard InChI is InChI=1S/C22H17IN4O4S2/c1-2-30-21(28)18-17-16-19(24-11-25-20(16)33-18)27(22(29)26-17)13-5-6-15(12(8-13)9-23)31-10-14-4-3-7-32-14/h3-8,11H,2,9-10H2,1H3,(H,26,29). The molecule has 0 bridgehead atoms. The lowest BCUT2D eigenvalue weighted by molar-refractivity contribution is 0.0533. The second-order valence-corrected chi connectivity index (χ2v) is 9.76. The number of alkyl halides is 1. The first-order chi connectivity index (χ1) is 16.1. The van der Waals surface area contributed by atoms with E-state index >= 15 is 0 Å². The number of ether oxygens (including phenoxy) is 2. The number of hydrogen-bond acceptors (Lipinski definition) is 8. The summed E-state index contributed by atoms with van der Waals surface area (Å²) in [5.74, 6) is 0.708. The summed E-state index contributed by atoms with van der Waals surface area (Å²) in [6.07, 6.45) is 1.40. The summed E-state index contributed by atoms with van der Waals surface area (Å²) in [6.45, 7) is 2.47. The maximum atomic E-state index is 13.2. The number of thiophene rings is 2. The highest BCUT2D eigenvalue weighted by atomic mass is 127. The van der Waals surface area contributed by atoms with Crippen molar-refractivity contribution in [2.75, 3.05) is 16.8 Å². The van der Waals surface area contributed by atoms with Crippen LogP contribution in [-0.2, 0) is 15.8 Å². The van der Waals surface area contributed by atoms with Crippen molar-refractivity contribution >= 4 is 84.7 Å². The highest BCUT2D eigenvalue weighted by Gasteiger charge is 2.34. The third-order valence-corrected chi connectivity index (χ3v) is 7.72. The van der Waals surface area contributed by atoms with Gasteiger partial charge in [-0.3, -0.25) is 0 Å². The highest BCUT2D eigenvalue weighted by Crippen LogP contribution is 2.45. The highest BCUT2D eigenvalue weighted by molar-refractivity contribution is 14.1. The molecule has 2 amide bonds. The fourth-order valence-electron chi connectivity index (χ4n) is 3.54. The van der Waals surface area contributed by atoms with Gasteiger partial charge >= 0.3 is 12.0 Å². The molecule has 0 saturated carbocycles. The van der Waals surface area contributed by atoms with Gasteiger partial charge in [-0.15, -0.1) is 22.7 Å². The monoisotopic (exact) mass is 592 g/mol. The predicted molar refractivity (Wildman–Crippen MR) is 137 cm³/mol. The molecule has 11 heteroatoms. The fourth-order valence-corrected chi connectivity index (χ4v) is 5.74. The van der Waals surface area contributed by atoms with Crippen molar-refractivity contribution < 1.29 is 19.1 Å². The van der Waals surface area contributed by atoms with E-state index in [4.69, 9.17) is 9.47 Å². The van der Waals surface area contributed by atoms with Crippen molar-refractivity contribution in [1.82, 2.24) is 9.97 Å². The zero-order chi connectivity index (χ0) is 22.9. The third-order valence-electron chi connectivity index (χ3n) is 4.97. The summed E-state index contributed by atoms with van der Waals surface area (Å²) < 4.78 is 11.9. The van der Waals surface area contributed by atoms with Crippen molar-refractivity contribution in [1.29, 1.82) is 0 Å². The predicted octanol–water partition coefficient (Wildman–Crippen LogP) is 6.13. The first kappa shape index (κ1) is 22.0. The molecule has 33 heavy (non-hydrogen) atoms. The Morgan fingerprint density at radius 3 is 2.91 bits per heavy atom. The molecule has 1 aromatic carbocycles. The molecule has 5 rings (SSSR count). The number of rotatable bonds is 7. The molecule has 0 unspecified atom stereocenters. The lowest BCUT2D eigenvalue weighted by Gasteiger charge is -2.27. The van der Waals surface area contributed by atoms with Gasteiger partial charge in [-0.05, 0) is 36.6 Å². The molecule has 1 aliphatic rings. The van der Waals surface area contributed by atoms with E-state index in [1.165, 1.54) is 22.6 Å². The molecule has 1 N–H and O–H groups in total. The number of carbonyl (C=O) groups excluding carboxylic acids is 2. The average molecular weight is 592 g/mol. The van der Waals surface area contributed by atoms with Crippen LogP contribution in [0.15, 0.2) is 42.0 Å². The maximum absolute atomic E-state index is 13.2. The van der Waals surface area contributed by atoms with Gasteiger partial charge < -0.3 is 14.8 Å². The number of nitrogens with zero attached hydrogens (tertiary/aromatic N) is 3. The van der Waals surface area contributed by atoms with Crippen LogP contribution in [0.1, 0.15) is 27.0 Å². The lowest BCUT2D eigenvalue weighted by Crippen LogP contribution is -2.35. The van der Waals surface area contributed by atoms with E-state index in [1.54, 1.807) is 18.3 Å². The molecule has 0 fully saturated rings. The molecule has 4 heterocycles. The normalized spacial score (nSPS) is 12.7. The van der Waals surface area contributed by atoms with Crippen molar-refractivity contribution in [3.05, 3.63) is 57.4 Å². The van der Waals surface area contributed by atoms with Crippen LogP contribution in [0.25, 0.3) is 10.2 Å².